The number of likely N-dealkylation sites (N-methyl/N-ethyl adjacent to an activating group) is 2. The van der Waals surface area contributed by atoms with Gasteiger partial charge in [0.2, 0.25) is 0 Å². The van der Waals surface area contributed by atoms with Gasteiger partial charge in [-0.2, -0.15) is 13.2 Å². The third kappa shape index (κ3) is 4.80. The topological polar surface area (TPSA) is 15.3 Å². The maximum absolute atomic E-state index is 13.8. The van der Waals surface area contributed by atoms with Crippen LogP contribution in [0.4, 0.5) is 17.6 Å². The van der Waals surface area contributed by atoms with E-state index >= 15 is 0 Å². The Morgan fingerprint density at radius 3 is 2.53 bits per heavy atom. The highest BCUT2D eigenvalue weighted by molar-refractivity contribution is 5.28. The fourth-order valence-corrected chi connectivity index (χ4v) is 1.74. The van der Waals surface area contributed by atoms with Crippen molar-refractivity contribution in [2.24, 2.45) is 0 Å². The summed E-state index contributed by atoms with van der Waals surface area (Å²) in [4.78, 5) is 1.78. The van der Waals surface area contributed by atoms with E-state index in [9.17, 15) is 17.6 Å². The van der Waals surface area contributed by atoms with Gasteiger partial charge in [0, 0.05) is 25.2 Å². The van der Waals surface area contributed by atoms with Crippen molar-refractivity contribution in [1.29, 1.82) is 0 Å². The molecule has 1 N–H and O–H groups in total. The number of rotatable bonds is 6. The van der Waals surface area contributed by atoms with Gasteiger partial charge >= 0.3 is 6.18 Å². The van der Waals surface area contributed by atoms with Gasteiger partial charge in [-0.3, -0.25) is 0 Å². The summed E-state index contributed by atoms with van der Waals surface area (Å²) in [5.74, 6) is -1.18. The highest BCUT2D eigenvalue weighted by atomic mass is 19.4. The first-order valence-electron chi connectivity index (χ1n) is 6.10. The summed E-state index contributed by atoms with van der Waals surface area (Å²) in [6.07, 6.45) is -4.65. The molecule has 0 bridgehead atoms. The highest BCUT2D eigenvalue weighted by Crippen LogP contribution is 2.32. The Balaban J connectivity index is 2.74. The summed E-state index contributed by atoms with van der Waals surface area (Å²) in [5, 5.41) is 3.10. The third-order valence-corrected chi connectivity index (χ3v) is 2.74. The van der Waals surface area contributed by atoms with Gasteiger partial charge in [0.25, 0.3) is 0 Å². The van der Waals surface area contributed by atoms with Crippen LogP contribution in [0.15, 0.2) is 18.2 Å². The number of halogens is 4. The molecule has 1 rings (SSSR count). The van der Waals surface area contributed by atoms with Crippen molar-refractivity contribution in [2.45, 2.75) is 19.6 Å². The van der Waals surface area contributed by atoms with Crippen LogP contribution in [0.1, 0.15) is 18.1 Å². The van der Waals surface area contributed by atoms with Crippen LogP contribution in [0, 0.1) is 5.82 Å². The van der Waals surface area contributed by atoms with Crippen LogP contribution in [0.5, 0.6) is 0 Å². The first-order valence-corrected chi connectivity index (χ1v) is 6.10. The quantitative estimate of drug-likeness (QED) is 0.636. The number of hydrogen-bond acceptors (Lipinski definition) is 2. The highest BCUT2D eigenvalue weighted by Gasteiger charge is 2.34. The monoisotopic (exact) mass is 278 g/mol. The van der Waals surface area contributed by atoms with E-state index in [0.29, 0.717) is 13.1 Å². The summed E-state index contributed by atoms with van der Waals surface area (Å²) < 4.78 is 51.4. The van der Waals surface area contributed by atoms with Crippen LogP contribution in [-0.4, -0.2) is 31.6 Å². The van der Waals surface area contributed by atoms with Crippen molar-refractivity contribution in [1.82, 2.24) is 10.2 Å². The molecule has 0 aliphatic rings. The van der Waals surface area contributed by atoms with Gasteiger partial charge in [0.1, 0.15) is 5.82 Å². The summed E-state index contributed by atoms with van der Waals surface area (Å²) in [6, 6.07) is 3.38. The van der Waals surface area contributed by atoms with Crippen LogP contribution in [-0.2, 0) is 12.7 Å². The van der Waals surface area contributed by atoms with Crippen molar-refractivity contribution in [2.75, 3.05) is 26.7 Å². The number of benzene rings is 1. The van der Waals surface area contributed by atoms with Crippen molar-refractivity contribution >= 4 is 0 Å². The van der Waals surface area contributed by atoms with Gasteiger partial charge in [-0.05, 0) is 19.7 Å². The molecule has 0 radical (unpaired) electrons. The molecule has 108 valence electrons. The number of alkyl halides is 3. The average Bonchev–Trinajstić information content (AvgIpc) is 2.30. The van der Waals surface area contributed by atoms with E-state index in [-0.39, 0.29) is 12.1 Å². The predicted octanol–water partition coefficient (Wildman–Crippen LogP) is 2.89. The fourth-order valence-electron chi connectivity index (χ4n) is 1.74. The van der Waals surface area contributed by atoms with Gasteiger partial charge in [-0.15, -0.1) is 0 Å². The Morgan fingerprint density at radius 1 is 1.26 bits per heavy atom. The Morgan fingerprint density at radius 2 is 1.95 bits per heavy atom. The maximum atomic E-state index is 13.8. The second-order valence-corrected chi connectivity index (χ2v) is 4.37. The predicted molar refractivity (Wildman–Crippen MR) is 66.3 cm³/mol. The van der Waals surface area contributed by atoms with Crippen LogP contribution >= 0.6 is 0 Å². The van der Waals surface area contributed by atoms with E-state index < -0.39 is 17.6 Å². The summed E-state index contributed by atoms with van der Waals surface area (Å²) in [5.41, 5.74) is -1.14. The lowest BCUT2D eigenvalue weighted by Gasteiger charge is -2.18. The van der Waals surface area contributed by atoms with Crippen molar-refractivity contribution in [3.63, 3.8) is 0 Å². The van der Waals surface area contributed by atoms with E-state index in [1.54, 1.807) is 11.9 Å². The van der Waals surface area contributed by atoms with Gasteiger partial charge in [0.15, 0.2) is 0 Å². The second kappa shape index (κ2) is 6.86. The minimum absolute atomic E-state index is 0.0637. The average molecular weight is 278 g/mol. The van der Waals surface area contributed by atoms with Crippen molar-refractivity contribution in [3.05, 3.63) is 35.1 Å². The lowest BCUT2D eigenvalue weighted by Crippen LogP contribution is -2.29. The molecule has 0 saturated heterocycles. The Bertz CT molecular complexity index is 404. The first-order chi connectivity index (χ1) is 8.86. The third-order valence-electron chi connectivity index (χ3n) is 2.74. The van der Waals surface area contributed by atoms with Crippen molar-refractivity contribution < 1.29 is 17.6 Å². The zero-order valence-electron chi connectivity index (χ0n) is 11.0. The molecule has 0 aliphatic carbocycles. The van der Waals surface area contributed by atoms with E-state index in [1.165, 1.54) is 12.1 Å². The van der Waals surface area contributed by atoms with Crippen molar-refractivity contribution in [3.8, 4) is 0 Å². The van der Waals surface area contributed by atoms with Gasteiger partial charge in [0.05, 0.1) is 5.56 Å². The minimum Gasteiger partial charge on any atom is -0.316 e. The largest absolute Gasteiger partial charge is 0.419 e. The Hall–Kier alpha value is -1.14. The van der Waals surface area contributed by atoms with Crippen LogP contribution < -0.4 is 5.32 Å². The zero-order valence-corrected chi connectivity index (χ0v) is 11.0. The molecule has 6 heteroatoms. The van der Waals surface area contributed by atoms with Crippen LogP contribution in [0.25, 0.3) is 0 Å². The summed E-state index contributed by atoms with van der Waals surface area (Å²) >= 11 is 0. The van der Waals surface area contributed by atoms with Crippen LogP contribution in [0.3, 0.4) is 0 Å². The SMILES string of the molecule is CCNCCN(C)Cc1cccc(C(F)(F)F)c1F. The standard InChI is InChI=1S/C13H18F4N2/c1-3-18-7-8-19(2)9-10-5-4-6-11(12(10)14)13(15,16)17/h4-6,18H,3,7-9H2,1-2H3. The molecule has 2 nitrogen and oxygen atoms in total. The molecule has 0 aromatic heterocycles. The Kier molecular flexibility index (Phi) is 5.75. The molecule has 0 fully saturated rings. The maximum Gasteiger partial charge on any atom is 0.419 e. The minimum atomic E-state index is -4.65. The fraction of sp³-hybridized carbons (Fsp3) is 0.538. The first kappa shape index (κ1) is 15.9. The van der Waals surface area contributed by atoms with E-state index in [1.807, 2.05) is 6.92 Å². The molecule has 0 heterocycles. The van der Waals surface area contributed by atoms with Gasteiger partial charge < -0.3 is 10.2 Å². The molecule has 0 atom stereocenters. The normalized spacial score (nSPS) is 12.2. The smallest absolute Gasteiger partial charge is 0.316 e. The number of hydrogen-bond donors (Lipinski definition) is 1. The Labute approximate surface area is 110 Å². The molecular weight excluding hydrogens is 260 g/mol. The lowest BCUT2D eigenvalue weighted by molar-refractivity contribution is -0.140. The zero-order chi connectivity index (χ0) is 14.5. The van der Waals surface area contributed by atoms with E-state index in [4.69, 9.17) is 0 Å². The molecule has 0 spiro atoms. The molecule has 1 aromatic rings. The van der Waals surface area contributed by atoms with E-state index in [0.717, 1.165) is 12.6 Å². The molecule has 0 saturated carbocycles. The molecule has 0 amide bonds. The number of nitrogens with one attached hydrogen (secondary N) is 1. The molecule has 19 heavy (non-hydrogen) atoms. The summed E-state index contributed by atoms with van der Waals surface area (Å²) in [6.45, 7) is 4.30. The molecular formula is C13H18F4N2. The molecule has 0 unspecified atom stereocenters. The molecule has 0 aliphatic heterocycles. The lowest BCUT2D eigenvalue weighted by atomic mass is 10.1. The van der Waals surface area contributed by atoms with Gasteiger partial charge in [-0.1, -0.05) is 19.1 Å². The second-order valence-electron chi connectivity index (χ2n) is 4.37. The van der Waals surface area contributed by atoms with Gasteiger partial charge in [-0.25, -0.2) is 4.39 Å². The van der Waals surface area contributed by atoms with E-state index in [2.05, 4.69) is 5.32 Å². The molecule has 1 aromatic carbocycles. The number of nitrogens with zero attached hydrogens (tertiary/aromatic N) is 1. The van der Waals surface area contributed by atoms with Crippen LogP contribution in [0.2, 0.25) is 0 Å². The summed E-state index contributed by atoms with van der Waals surface area (Å²) in [7, 11) is 1.75.